The average molecular weight is 258 g/mol. The SMILES string of the molecule is Cc1cc(CN2CCC3CNCC3C2)on1.Cl. The summed E-state index contributed by atoms with van der Waals surface area (Å²) in [6.07, 6.45) is 1.32. The van der Waals surface area contributed by atoms with Crippen molar-refractivity contribution in [3.63, 3.8) is 0 Å². The number of aromatic nitrogens is 1. The minimum atomic E-state index is 0. The van der Waals surface area contributed by atoms with Gasteiger partial charge in [0.1, 0.15) is 0 Å². The van der Waals surface area contributed by atoms with Gasteiger partial charge in [-0.3, -0.25) is 4.90 Å². The van der Waals surface area contributed by atoms with Crippen molar-refractivity contribution in [2.75, 3.05) is 26.2 Å². The molecule has 2 fully saturated rings. The van der Waals surface area contributed by atoms with Crippen LogP contribution in [0, 0.1) is 18.8 Å². The third-order valence-corrected chi connectivity index (χ3v) is 3.84. The molecule has 0 bridgehead atoms. The number of nitrogens with one attached hydrogen (secondary N) is 1. The molecule has 1 N–H and O–H groups in total. The Morgan fingerprint density at radius 2 is 2.29 bits per heavy atom. The summed E-state index contributed by atoms with van der Waals surface area (Å²) in [5.41, 5.74) is 0.979. The molecule has 3 heterocycles. The van der Waals surface area contributed by atoms with Gasteiger partial charge in [0.05, 0.1) is 12.2 Å². The van der Waals surface area contributed by atoms with Crippen LogP contribution in [0.5, 0.6) is 0 Å². The molecule has 0 saturated carbocycles. The zero-order valence-corrected chi connectivity index (χ0v) is 11.0. The fraction of sp³-hybridized carbons (Fsp3) is 0.750. The molecular formula is C12H20ClN3O. The summed E-state index contributed by atoms with van der Waals surface area (Å²) < 4.78 is 5.27. The van der Waals surface area contributed by atoms with E-state index in [-0.39, 0.29) is 12.4 Å². The maximum Gasteiger partial charge on any atom is 0.150 e. The molecule has 2 saturated heterocycles. The van der Waals surface area contributed by atoms with Crippen LogP contribution in [0.2, 0.25) is 0 Å². The first-order valence-corrected chi connectivity index (χ1v) is 6.16. The first-order chi connectivity index (χ1) is 7.81. The van der Waals surface area contributed by atoms with Crippen LogP contribution in [-0.2, 0) is 6.54 Å². The van der Waals surface area contributed by atoms with Crippen LogP contribution in [0.3, 0.4) is 0 Å². The third-order valence-electron chi connectivity index (χ3n) is 3.84. The van der Waals surface area contributed by atoms with E-state index in [0.29, 0.717) is 0 Å². The zero-order valence-electron chi connectivity index (χ0n) is 10.2. The van der Waals surface area contributed by atoms with Crippen molar-refractivity contribution in [2.45, 2.75) is 19.9 Å². The van der Waals surface area contributed by atoms with Crippen LogP contribution in [0.4, 0.5) is 0 Å². The molecule has 0 spiro atoms. The van der Waals surface area contributed by atoms with Gasteiger partial charge in [0, 0.05) is 12.6 Å². The number of halogens is 1. The number of rotatable bonds is 2. The smallest absolute Gasteiger partial charge is 0.150 e. The maximum atomic E-state index is 5.27. The van der Waals surface area contributed by atoms with Crippen molar-refractivity contribution in [2.24, 2.45) is 11.8 Å². The fourth-order valence-electron chi connectivity index (χ4n) is 2.96. The topological polar surface area (TPSA) is 41.3 Å². The molecule has 4 nitrogen and oxygen atoms in total. The number of nitrogens with zero attached hydrogens (tertiary/aromatic N) is 2. The standard InChI is InChI=1S/C12H19N3O.ClH/c1-9-4-12(16-14-9)8-15-3-2-10-5-13-6-11(10)7-15;/h4,10-11,13H,2-3,5-8H2,1H3;1H. The largest absolute Gasteiger partial charge is 0.360 e. The summed E-state index contributed by atoms with van der Waals surface area (Å²) in [5.74, 6) is 2.76. The van der Waals surface area contributed by atoms with Crippen molar-refractivity contribution in [1.82, 2.24) is 15.4 Å². The van der Waals surface area contributed by atoms with Crippen LogP contribution in [0.1, 0.15) is 17.9 Å². The Bertz CT molecular complexity index is 368. The Balaban J connectivity index is 0.00000108. The van der Waals surface area contributed by atoms with Crippen LogP contribution < -0.4 is 5.32 Å². The average Bonchev–Trinajstić information content (AvgIpc) is 2.87. The van der Waals surface area contributed by atoms with Crippen molar-refractivity contribution >= 4 is 12.4 Å². The van der Waals surface area contributed by atoms with Crippen molar-refractivity contribution < 1.29 is 4.52 Å². The van der Waals surface area contributed by atoms with E-state index in [1.54, 1.807) is 0 Å². The number of aryl methyl sites for hydroxylation is 1. The second-order valence-corrected chi connectivity index (χ2v) is 5.14. The summed E-state index contributed by atoms with van der Waals surface area (Å²) in [4.78, 5) is 2.49. The van der Waals surface area contributed by atoms with Crippen LogP contribution >= 0.6 is 12.4 Å². The summed E-state index contributed by atoms with van der Waals surface area (Å²) in [6, 6.07) is 2.04. The van der Waals surface area contributed by atoms with Gasteiger partial charge in [-0.05, 0) is 44.8 Å². The molecule has 3 rings (SSSR count). The molecule has 2 aliphatic rings. The Labute approximate surface area is 108 Å². The molecule has 0 radical (unpaired) electrons. The highest BCUT2D eigenvalue weighted by Gasteiger charge is 2.32. The summed E-state index contributed by atoms with van der Waals surface area (Å²) in [5, 5.41) is 7.42. The van der Waals surface area contributed by atoms with Gasteiger partial charge in [0.15, 0.2) is 5.76 Å². The zero-order chi connectivity index (χ0) is 11.0. The van der Waals surface area contributed by atoms with Crippen LogP contribution in [0.25, 0.3) is 0 Å². The first kappa shape index (κ1) is 12.9. The Morgan fingerprint density at radius 3 is 3.06 bits per heavy atom. The van der Waals surface area contributed by atoms with E-state index in [0.717, 1.165) is 29.8 Å². The number of fused-ring (bicyclic) bond motifs is 1. The maximum absolute atomic E-state index is 5.27. The Kier molecular flexibility index (Phi) is 4.07. The molecule has 0 aromatic carbocycles. The second-order valence-electron chi connectivity index (χ2n) is 5.14. The lowest BCUT2D eigenvalue weighted by atomic mass is 9.89. The lowest BCUT2D eigenvalue weighted by Crippen LogP contribution is -2.39. The quantitative estimate of drug-likeness (QED) is 0.871. The molecule has 5 heteroatoms. The second kappa shape index (κ2) is 5.38. The highest BCUT2D eigenvalue weighted by atomic mass is 35.5. The van der Waals surface area contributed by atoms with Crippen molar-refractivity contribution in [3.8, 4) is 0 Å². The highest BCUT2D eigenvalue weighted by molar-refractivity contribution is 5.85. The van der Waals surface area contributed by atoms with Gasteiger partial charge >= 0.3 is 0 Å². The van der Waals surface area contributed by atoms with Gasteiger partial charge in [-0.1, -0.05) is 5.16 Å². The molecular weight excluding hydrogens is 238 g/mol. The molecule has 96 valence electrons. The molecule has 1 aromatic rings. The molecule has 2 aliphatic heterocycles. The van der Waals surface area contributed by atoms with E-state index in [2.05, 4.69) is 15.4 Å². The van der Waals surface area contributed by atoms with Crippen molar-refractivity contribution in [3.05, 3.63) is 17.5 Å². The predicted molar refractivity (Wildman–Crippen MR) is 68.2 cm³/mol. The molecule has 0 aliphatic carbocycles. The number of piperidine rings is 1. The van der Waals surface area contributed by atoms with E-state index < -0.39 is 0 Å². The van der Waals surface area contributed by atoms with E-state index in [1.165, 1.54) is 32.6 Å². The molecule has 2 atom stereocenters. The highest BCUT2D eigenvalue weighted by Crippen LogP contribution is 2.27. The first-order valence-electron chi connectivity index (χ1n) is 6.16. The van der Waals surface area contributed by atoms with Crippen molar-refractivity contribution in [1.29, 1.82) is 0 Å². The lowest BCUT2D eigenvalue weighted by molar-refractivity contribution is 0.130. The summed E-state index contributed by atoms with van der Waals surface area (Å²) in [7, 11) is 0. The van der Waals surface area contributed by atoms with E-state index in [4.69, 9.17) is 4.52 Å². The monoisotopic (exact) mass is 257 g/mol. The molecule has 0 amide bonds. The Morgan fingerprint density at radius 1 is 1.47 bits per heavy atom. The third kappa shape index (κ3) is 2.81. The summed E-state index contributed by atoms with van der Waals surface area (Å²) in [6.45, 7) is 7.71. The molecule has 2 unspecified atom stereocenters. The normalized spacial score (nSPS) is 28.8. The molecule has 17 heavy (non-hydrogen) atoms. The van der Waals surface area contributed by atoms with E-state index in [1.807, 2.05) is 13.0 Å². The van der Waals surface area contributed by atoms with Gasteiger partial charge in [-0.2, -0.15) is 0 Å². The molecule has 1 aromatic heterocycles. The Hall–Kier alpha value is -0.580. The van der Waals surface area contributed by atoms with Gasteiger partial charge in [0.25, 0.3) is 0 Å². The lowest BCUT2D eigenvalue weighted by Gasteiger charge is -2.33. The van der Waals surface area contributed by atoms with Gasteiger partial charge in [-0.25, -0.2) is 0 Å². The predicted octanol–water partition coefficient (Wildman–Crippen LogP) is 1.45. The van der Waals surface area contributed by atoms with Gasteiger partial charge < -0.3 is 9.84 Å². The number of hydrogen-bond acceptors (Lipinski definition) is 4. The minimum Gasteiger partial charge on any atom is -0.360 e. The van der Waals surface area contributed by atoms with Crippen LogP contribution in [0.15, 0.2) is 10.6 Å². The van der Waals surface area contributed by atoms with Crippen LogP contribution in [-0.4, -0.2) is 36.2 Å². The number of hydrogen-bond donors (Lipinski definition) is 1. The fourth-order valence-corrected chi connectivity index (χ4v) is 2.96. The van der Waals surface area contributed by atoms with E-state index >= 15 is 0 Å². The van der Waals surface area contributed by atoms with Gasteiger partial charge in [-0.15, -0.1) is 12.4 Å². The van der Waals surface area contributed by atoms with Gasteiger partial charge in [0.2, 0.25) is 0 Å². The minimum absolute atomic E-state index is 0. The van der Waals surface area contributed by atoms with E-state index in [9.17, 15) is 0 Å². The summed E-state index contributed by atoms with van der Waals surface area (Å²) >= 11 is 0. The number of likely N-dealkylation sites (tertiary alicyclic amines) is 1.